The summed E-state index contributed by atoms with van der Waals surface area (Å²) in [5, 5.41) is 1.33. The number of hydrogen-bond donors (Lipinski definition) is 0. The van der Waals surface area contributed by atoms with E-state index in [0.717, 1.165) is 47.2 Å². The van der Waals surface area contributed by atoms with Crippen molar-refractivity contribution in [3.8, 4) is 0 Å². The molecule has 6 rings (SSSR count). The van der Waals surface area contributed by atoms with Crippen LogP contribution in [0.2, 0.25) is 10.0 Å². The van der Waals surface area contributed by atoms with E-state index in [0.29, 0.717) is 24.9 Å². The van der Waals surface area contributed by atoms with E-state index in [9.17, 15) is 9.18 Å². The molecule has 0 radical (unpaired) electrons. The van der Waals surface area contributed by atoms with E-state index in [1.807, 2.05) is 48.5 Å². The minimum absolute atomic E-state index is 0.174. The molecular weight excluding hydrogens is 526 g/mol. The molecule has 2 aliphatic rings. The number of nitrogens with zero attached hydrogens (tertiary/aromatic N) is 2. The normalized spacial score (nSPS) is 18.5. The Balaban J connectivity index is 1.58. The van der Waals surface area contributed by atoms with Gasteiger partial charge in [-0.2, -0.15) is 0 Å². The molecule has 1 unspecified atom stereocenters. The summed E-state index contributed by atoms with van der Waals surface area (Å²) in [7, 11) is 0. The molecule has 2 heterocycles. The topological polar surface area (TPSA) is 34.4 Å². The fraction of sp³-hybridized carbons (Fsp3) is 0.133. The Morgan fingerprint density at radius 3 is 2.35 bits per heavy atom. The van der Waals surface area contributed by atoms with Crippen molar-refractivity contribution in [1.29, 1.82) is 0 Å². The fourth-order valence-corrected chi connectivity index (χ4v) is 6.24. The lowest BCUT2D eigenvalue weighted by Gasteiger charge is -2.31. The van der Waals surface area contributed by atoms with Crippen molar-refractivity contribution in [2.75, 3.05) is 0 Å². The first-order valence-electron chi connectivity index (χ1n) is 12.0. The van der Waals surface area contributed by atoms with Gasteiger partial charge in [0.2, 0.25) is 0 Å². The fourth-order valence-electron chi connectivity index (χ4n) is 5.00. The first-order valence-corrected chi connectivity index (χ1v) is 13.6. The Hall–Kier alpha value is -3.25. The average Bonchev–Trinajstić information content (AvgIpc) is 3.21. The molecule has 0 saturated carbocycles. The molecule has 0 bridgehead atoms. The number of fused-ring (bicyclic) bond motifs is 1. The van der Waals surface area contributed by atoms with E-state index in [4.69, 9.17) is 28.2 Å². The molecule has 1 aromatic heterocycles. The number of benzene rings is 3. The third-order valence-corrected chi connectivity index (χ3v) is 8.21. The summed E-state index contributed by atoms with van der Waals surface area (Å²) in [6.45, 7) is 0. The summed E-state index contributed by atoms with van der Waals surface area (Å²) in [6.07, 6.45) is 6.45. The van der Waals surface area contributed by atoms with E-state index >= 15 is 0 Å². The van der Waals surface area contributed by atoms with Crippen molar-refractivity contribution in [3.63, 3.8) is 0 Å². The zero-order valence-electron chi connectivity index (χ0n) is 19.6. The second kappa shape index (κ2) is 9.90. The summed E-state index contributed by atoms with van der Waals surface area (Å²) >= 11 is 13.6. The summed E-state index contributed by atoms with van der Waals surface area (Å²) in [4.78, 5) is 19.4. The molecule has 0 N–H and O–H groups in total. The Labute approximate surface area is 227 Å². The molecule has 0 fully saturated rings. The minimum atomic E-state index is -0.366. The predicted molar refractivity (Wildman–Crippen MR) is 149 cm³/mol. The molecule has 1 aliphatic carbocycles. The van der Waals surface area contributed by atoms with Crippen LogP contribution < -0.4 is 14.9 Å². The lowest BCUT2D eigenvalue weighted by atomic mass is 9.84. The Bertz CT molecular complexity index is 1750. The molecular formula is C30H21Cl2FN2OS. The zero-order chi connectivity index (χ0) is 25.5. The van der Waals surface area contributed by atoms with Crippen molar-refractivity contribution in [3.05, 3.63) is 142 Å². The second-order valence-corrected chi connectivity index (χ2v) is 11.0. The van der Waals surface area contributed by atoms with E-state index in [-0.39, 0.29) is 17.4 Å². The van der Waals surface area contributed by atoms with Crippen LogP contribution in [0.15, 0.2) is 99.4 Å². The summed E-state index contributed by atoms with van der Waals surface area (Å²) < 4.78 is 16.6. The van der Waals surface area contributed by atoms with Crippen LogP contribution in [0.25, 0.3) is 12.2 Å². The van der Waals surface area contributed by atoms with Crippen LogP contribution in [0.1, 0.15) is 42.0 Å². The monoisotopic (exact) mass is 546 g/mol. The number of aromatic nitrogens is 1. The van der Waals surface area contributed by atoms with Crippen LogP contribution in [0, 0.1) is 5.82 Å². The van der Waals surface area contributed by atoms with Crippen LogP contribution in [0.3, 0.4) is 0 Å². The van der Waals surface area contributed by atoms with Gasteiger partial charge in [-0.3, -0.25) is 9.36 Å². The van der Waals surface area contributed by atoms with E-state index in [2.05, 4.69) is 6.08 Å². The first kappa shape index (κ1) is 24.1. The number of allylic oxidation sites excluding steroid dienone is 2. The maximum absolute atomic E-state index is 14.4. The van der Waals surface area contributed by atoms with Gasteiger partial charge in [0, 0.05) is 15.6 Å². The number of halogens is 3. The van der Waals surface area contributed by atoms with Crippen LogP contribution in [0.5, 0.6) is 0 Å². The summed E-state index contributed by atoms with van der Waals surface area (Å²) in [5.41, 5.74) is 5.40. The van der Waals surface area contributed by atoms with E-state index in [1.54, 1.807) is 28.8 Å². The first-order chi connectivity index (χ1) is 18.0. The van der Waals surface area contributed by atoms with Gasteiger partial charge in [-0.15, -0.1) is 0 Å². The maximum Gasteiger partial charge on any atom is 0.271 e. The van der Waals surface area contributed by atoms with Crippen LogP contribution >= 0.6 is 34.5 Å². The van der Waals surface area contributed by atoms with Crippen molar-refractivity contribution >= 4 is 46.7 Å². The standard InChI is InChI=1S/C30H21Cl2FN2OS/c31-22-12-8-18(9-13-22)16-21-5-3-6-24-27(21)34-30-35(28(24)19-10-14-23(32)15-11-19)29(36)26(37-30)17-20-4-1-2-7-25(20)33/h1-2,4,7-17,28H,3,5-6H2. The highest BCUT2D eigenvalue weighted by molar-refractivity contribution is 7.07. The molecule has 0 amide bonds. The minimum Gasteiger partial charge on any atom is -0.272 e. The maximum atomic E-state index is 14.4. The lowest BCUT2D eigenvalue weighted by Crippen LogP contribution is -2.39. The van der Waals surface area contributed by atoms with Gasteiger partial charge in [0.1, 0.15) is 5.82 Å². The van der Waals surface area contributed by atoms with Gasteiger partial charge in [-0.05, 0) is 84.0 Å². The molecule has 0 saturated heterocycles. The Morgan fingerprint density at radius 2 is 1.62 bits per heavy atom. The number of thiazole rings is 1. The molecule has 0 spiro atoms. The van der Waals surface area contributed by atoms with Crippen LogP contribution in [0.4, 0.5) is 4.39 Å². The SMILES string of the molecule is O=c1c(=Cc2ccccc2F)sc2n1C(c1ccc(Cl)cc1)C1=C(N=2)C(=Cc2ccc(Cl)cc2)CCC1. The van der Waals surface area contributed by atoms with Gasteiger partial charge in [-0.1, -0.05) is 77.0 Å². The van der Waals surface area contributed by atoms with Gasteiger partial charge >= 0.3 is 0 Å². The van der Waals surface area contributed by atoms with Gasteiger partial charge in [-0.25, -0.2) is 9.38 Å². The molecule has 4 aromatic rings. The quantitative estimate of drug-likeness (QED) is 0.274. The molecule has 1 aliphatic heterocycles. The second-order valence-electron chi connectivity index (χ2n) is 9.10. The van der Waals surface area contributed by atoms with Crippen LogP contribution in [-0.4, -0.2) is 4.57 Å². The number of hydrogen-bond acceptors (Lipinski definition) is 3. The molecule has 3 aromatic carbocycles. The Kier molecular flexibility index (Phi) is 6.45. The smallest absolute Gasteiger partial charge is 0.271 e. The van der Waals surface area contributed by atoms with Gasteiger partial charge < -0.3 is 0 Å². The highest BCUT2D eigenvalue weighted by Gasteiger charge is 2.32. The molecule has 184 valence electrons. The zero-order valence-corrected chi connectivity index (χ0v) is 22.0. The third kappa shape index (κ3) is 4.63. The van der Waals surface area contributed by atoms with Crippen molar-refractivity contribution < 1.29 is 4.39 Å². The van der Waals surface area contributed by atoms with Gasteiger partial charge in [0.15, 0.2) is 4.80 Å². The van der Waals surface area contributed by atoms with Crippen molar-refractivity contribution in [2.24, 2.45) is 4.99 Å². The van der Waals surface area contributed by atoms with E-state index < -0.39 is 0 Å². The van der Waals surface area contributed by atoms with Gasteiger partial charge in [0.25, 0.3) is 5.56 Å². The highest BCUT2D eigenvalue weighted by atomic mass is 35.5. The van der Waals surface area contributed by atoms with Crippen LogP contribution in [-0.2, 0) is 0 Å². The summed E-state index contributed by atoms with van der Waals surface area (Å²) in [6, 6.07) is 21.5. The highest BCUT2D eigenvalue weighted by Crippen LogP contribution is 2.41. The predicted octanol–water partition coefficient (Wildman–Crippen LogP) is 6.93. The van der Waals surface area contributed by atoms with Crippen molar-refractivity contribution in [1.82, 2.24) is 4.57 Å². The molecule has 3 nitrogen and oxygen atoms in total. The molecule has 37 heavy (non-hydrogen) atoms. The molecule has 7 heteroatoms. The third-order valence-electron chi connectivity index (χ3n) is 6.72. The van der Waals surface area contributed by atoms with Crippen molar-refractivity contribution in [2.45, 2.75) is 25.3 Å². The van der Waals surface area contributed by atoms with E-state index in [1.165, 1.54) is 17.4 Å². The summed E-state index contributed by atoms with van der Waals surface area (Å²) in [5.74, 6) is -0.366. The lowest BCUT2D eigenvalue weighted by molar-refractivity contribution is 0.553. The molecule has 1 atom stereocenters. The Morgan fingerprint density at radius 1 is 0.919 bits per heavy atom. The largest absolute Gasteiger partial charge is 0.272 e. The number of rotatable bonds is 3. The van der Waals surface area contributed by atoms with Gasteiger partial charge in [0.05, 0.1) is 16.3 Å². The average molecular weight is 547 g/mol.